The van der Waals surface area contributed by atoms with E-state index in [9.17, 15) is 30.3 Å². The highest BCUT2D eigenvalue weighted by atomic mass is 16.6. The molecule has 0 heterocycles. The molecular formula is C11H14N4O6. The van der Waals surface area contributed by atoms with Crippen molar-refractivity contribution in [2.45, 2.75) is 19.8 Å². The number of hydrogen-bond donors (Lipinski definition) is 0. The van der Waals surface area contributed by atoms with E-state index in [0.717, 1.165) is 18.6 Å². The molecule has 0 radical (unpaired) electrons. The van der Waals surface area contributed by atoms with Crippen molar-refractivity contribution in [3.63, 3.8) is 0 Å². The molecule has 114 valence electrons. The summed E-state index contributed by atoms with van der Waals surface area (Å²) in [4.78, 5) is 31.7. The lowest BCUT2D eigenvalue weighted by atomic mass is 10.1. The maximum absolute atomic E-state index is 11.1. The summed E-state index contributed by atoms with van der Waals surface area (Å²) < 4.78 is 0. The molecule has 1 rings (SSSR count). The predicted octanol–water partition coefficient (Wildman–Crippen LogP) is 2.65. The lowest BCUT2D eigenvalue weighted by Gasteiger charge is -2.18. The zero-order valence-corrected chi connectivity index (χ0v) is 11.5. The molecule has 0 aliphatic carbocycles. The number of nitro groups is 3. The van der Waals surface area contributed by atoms with Gasteiger partial charge in [-0.25, -0.2) is 0 Å². The molecular weight excluding hydrogens is 284 g/mol. The van der Waals surface area contributed by atoms with Crippen LogP contribution in [0.1, 0.15) is 19.8 Å². The van der Waals surface area contributed by atoms with Gasteiger partial charge >= 0.3 is 11.4 Å². The highest BCUT2D eigenvalue weighted by Crippen LogP contribution is 2.40. The fourth-order valence-corrected chi connectivity index (χ4v) is 1.87. The molecule has 0 unspecified atom stereocenters. The van der Waals surface area contributed by atoms with Gasteiger partial charge in [0.2, 0.25) is 0 Å². The molecule has 0 saturated carbocycles. The summed E-state index contributed by atoms with van der Waals surface area (Å²) in [7, 11) is 1.48. The molecule has 1 aromatic rings. The van der Waals surface area contributed by atoms with Gasteiger partial charge in [0.15, 0.2) is 5.69 Å². The van der Waals surface area contributed by atoms with E-state index >= 15 is 0 Å². The van der Waals surface area contributed by atoms with E-state index in [2.05, 4.69) is 0 Å². The summed E-state index contributed by atoms with van der Waals surface area (Å²) in [6, 6.07) is 1.48. The van der Waals surface area contributed by atoms with Crippen LogP contribution in [0.3, 0.4) is 0 Å². The van der Waals surface area contributed by atoms with Gasteiger partial charge in [0.05, 0.1) is 26.9 Å². The lowest BCUT2D eigenvalue weighted by molar-refractivity contribution is -0.402. The van der Waals surface area contributed by atoms with E-state index < -0.39 is 31.8 Å². The van der Waals surface area contributed by atoms with Crippen molar-refractivity contribution in [2.75, 3.05) is 18.5 Å². The van der Waals surface area contributed by atoms with Crippen LogP contribution in [-0.4, -0.2) is 28.4 Å². The summed E-state index contributed by atoms with van der Waals surface area (Å²) in [6.45, 7) is 2.28. The topological polar surface area (TPSA) is 133 Å². The Hall–Kier alpha value is -2.78. The Morgan fingerprint density at radius 1 is 1.00 bits per heavy atom. The SMILES string of the molecule is CCCCN(C)c1c([N+](=O)[O-])cc([N+](=O)[O-])cc1[N+](=O)[O-]. The standard InChI is InChI=1S/C11H14N4O6/c1-3-4-5-12(2)11-9(14(18)19)6-8(13(16)17)7-10(11)15(20)21/h6-7H,3-5H2,1-2H3. The first kappa shape index (κ1) is 16.3. The van der Waals surface area contributed by atoms with Crippen LogP contribution in [0.5, 0.6) is 0 Å². The fraction of sp³-hybridized carbons (Fsp3) is 0.455. The van der Waals surface area contributed by atoms with Crippen LogP contribution >= 0.6 is 0 Å². The average Bonchev–Trinajstić information content (AvgIpc) is 2.42. The lowest BCUT2D eigenvalue weighted by Crippen LogP contribution is -2.21. The first-order valence-corrected chi connectivity index (χ1v) is 6.12. The number of anilines is 1. The Balaban J connectivity index is 3.53. The normalized spacial score (nSPS) is 10.2. The van der Waals surface area contributed by atoms with Gasteiger partial charge in [-0.1, -0.05) is 13.3 Å². The Kier molecular flexibility index (Phi) is 5.11. The third-order valence-corrected chi connectivity index (χ3v) is 2.89. The number of nitro benzene ring substituents is 3. The van der Waals surface area contributed by atoms with E-state index in [0.29, 0.717) is 13.0 Å². The Labute approximate surface area is 119 Å². The molecule has 0 fully saturated rings. The van der Waals surface area contributed by atoms with Gasteiger partial charge < -0.3 is 4.90 Å². The summed E-state index contributed by atoms with van der Waals surface area (Å²) >= 11 is 0. The Morgan fingerprint density at radius 2 is 1.48 bits per heavy atom. The zero-order chi connectivity index (χ0) is 16.2. The Morgan fingerprint density at radius 3 is 1.81 bits per heavy atom. The molecule has 0 amide bonds. The molecule has 0 bridgehead atoms. The van der Waals surface area contributed by atoms with Gasteiger partial charge in [0.1, 0.15) is 0 Å². The quantitative estimate of drug-likeness (QED) is 0.558. The number of benzene rings is 1. The van der Waals surface area contributed by atoms with Gasteiger partial charge in [-0.05, 0) is 6.42 Å². The van der Waals surface area contributed by atoms with Crippen LogP contribution in [0.15, 0.2) is 12.1 Å². The minimum absolute atomic E-state index is 0.218. The van der Waals surface area contributed by atoms with Crippen LogP contribution in [0, 0.1) is 30.3 Å². The number of rotatable bonds is 7. The number of unbranched alkanes of at least 4 members (excludes halogenated alkanes) is 1. The summed E-state index contributed by atoms with van der Waals surface area (Å²) in [5.41, 5.74) is -2.19. The molecule has 0 N–H and O–H groups in total. The van der Waals surface area contributed by atoms with Gasteiger partial charge in [-0.2, -0.15) is 0 Å². The number of nitrogens with zero attached hydrogens (tertiary/aromatic N) is 4. The second-order valence-corrected chi connectivity index (χ2v) is 4.38. The van der Waals surface area contributed by atoms with Gasteiger partial charge in [-0.15, -0.1) is 0 Å². The van der Waals surface area contributed by atoms with Gasteiger partial charge in [0.25, 0.3) is 5.69 Å². The zero-order valence-electron chi connectivity index (χ0n) is 11.5. The van der Waals surface area contributed by atoms with Crippen molar-refractivity contribution in [3.05, 3.63) is 42.5 Å². The highest BCUT2D eigenvalue weighted by molar-refractivity contribution is 5.78. The molecule has 1 aromatic carbocycles. The largest absolute Gasteiger partial charge is 0.363 e. The van der Waals surface area contributed by atoms with Crippen LogP contribution in [0.25, 0.3) is 0 Å². The monoisotopic (exact) mass is 298 g/mol. The fourth-order valence-electron chi connectivity index (χ4n) is 1.87. The van der Waals surface area contributed by atoms with Crippen LogP contribution in [0.4, 0.5) is 22.7 Å². The smallest absolute Gasteiger partial charge is 0.306 e. The van der Waals surface area contributed by atoms with Crippen LogP contribution in [-0.2, 0) is 0 Å². The average molecular weight is 298 g/mol. The maximum Gasteiger partial charge on any atom is 0.306 e. The highest BCUT2D eigenvalue weighted by Gasteiger charge is 2.32. The minimum atomic E-state index is -0.893. The van der Waals surface area contributed by atoms with Crippen molar-refractivity contribution in [3.8, 4) is 0 Å². The molecule has 10 nitrogen and oxygen atoms in total. The van der Waals surface area contributed by atoms with E-state index in [1.165, 1.54) is 11.9 Å². The van der Waals surface area contributed by atoms with Crippen molar-refractivity contribution in [1.29, 1.82) is 0 Å². The van der Waals surface area contributed by atoms with Crippen molar-refractivity contribution < 1.29 is 14.8 Å². The third-order valence-electron chi connectivity index (χ3n) is 2.89. The van der Waals surface area contributed by atoms with Gasteiger partial charge in [-0.3, -0.25) is 30.3 Å². The summed E-state index contributed by atoms with van der Waals surface area (Å²) in [5, 5.41) is 32.9. The van der Waals surface area contributed by atoms with Crippen LogP contribution < -0.4 is 4.90 Å². The summed E-state index contributed by atoms with van der Waals surface area (Å²) in [6.07, 6.45) is 1.49. The second-order valence-electron chi connectivity index (χ2n) is 4.38. The van der Waals surface area contributed by atoms with E-state index in [4.69, 9.17) is 0 Å². The molecule has 0 saturated heterocycles. The molecule has 0 aliphatic rings. The van der Waals surface area contributed by atoms with Crippen molar-refractivity contribution in [2.24, 2.45) is 0 Å². The third kappa shape index (κ3) is 3.61. The first-order valence-electron chi connectivity index (χ1n) is 6.12. The van der Waals surface area contributed by atoms with E-state index in [-0.39, 0.29) is 5.69 Å². The molecule has 0 spiro atoms. The predicted molar refractivity (Wildman–Crippen MR) is 74.6 cm³/mol. The maximum atomic E-state index is 11.1. The molecule has 0 atom stereocenters. The number of hydrogen-bond acceptors (Lipinski definition) is 7. The van der Waals surface area contributed by atoms with Crippen molar-refractivity contribution in [1.82, 2.24) is 0 Å². The molecule has 0 aromatic heterocycles. The number of non-ortho nitro benzene ring substituents is 1. The van der Waals surface area contributed by atoms with Crippen molar-refractivity contribution >= 4 is 22.7 Å². The van der Waals surface area contributed by atoms with E-state index in [1.807, 2.05) is 6.92 Å². The molecule has 0 aliphatic heterocycles. The molecule has 21 heavy (non-hydrogen) atoms. The second kappa shape index (κ2) is 6.59. The van der Waals surface area contributed by atoms with Crippen LogP contribution in [0.2, 0.25) is 0 Å². The Bertz CT molecular complexity index is 553. The minimum Gasteiger partial charge on any atom is -0.363 e. The van der Waals surface area contributed by atoms with Gasteiger partial charge in [0, 0.05) is 13.6 Å². The molecule has 10 heteroatoms. The van der Waals surface area contributed by atoms with E-state index in [1.54, 1.807) is 0 Å². The summed E-state index contributed by atoms with van der Waals surface area (Å²) in [5.74, 6) is 0. The first-order chi connectivity index (χ1) is 9.79.